The van der Waals surface area contributed by atoms with Crippen LogP contribution in [0.5, 0.6) is 11.5 Å². The van der Waals surface area contributed by atoms with Gasteiger partial charge in [0.25, 0.3) is 11.8 Å². The van der Waals surface area contributed by atoms with Crippen LogP contribution >= 0.6 is 0 Å². The summed E-state index contributed by atoms with van der Waals surface area (Å²) in [5, 5.41) is 3.53. The lowest BCUT2D eigenvalue weighted by Crippen LogP contribution is -2.27. The van der Waals surface area contributed by atoms with Crippen LogP contribution in [0.25, 0.3) is 11.0 Å². The quantitative estimate of drug-likeness (QED) is 0.770. The van der Waals surface area contributed by atoms with E-state index in [1.165, 1.54) is 0 Å². The van der Waals surface area contributed by atoms with Crippen LogP contribution in [0.3, 0.4) is 0 Å². The maximum Gasteiger partial charge on any atom is 0.291 e. The van der Waals surface area contributed by atoms with Crippen LogP contribution in [-0.4, -0.2) is 44.0 Å². The fourth-order valence-electron chi connectivity index (χ4n) is 3.00. The maximum atomic E-state index is 12.6. The van der Waals surface area contributed by atoms with E-state index >= 15 is 0 Å². The number of methoxy groups -OCH3 is 1. The molecular formula is C20H18N2O5. The predicted octanol–water partition coefficient (Wildman–Crippen LogP) is 3.16. The zero-order chi connectivity index (χ0) is 19.0. The second-order valence-electron chi connectivity index (χ2n) is 6.23. The van der Waals surface area contributed by atoms with Gasteiger partial charge in [0.1, 0.15) is 12.4 Å². The van der Waals surface area contributed by atoms with Gasteiger partial charge in [0.2, 0.25) is 0 Å². The minimum atomic E-state index is -0.413. The van der Waals surface area contributed by atoms with Crippen molar-refractivity contribution in [1.29, 1.82) is 0 Å². The molecule has 0 atom stereocenters. The van der Waals surface area contributed by atoms with Crippen molar-refractivity contribution in [3.05, 3.63) is 53.8 Å². The molecule has 0 fully saturated rings. The molecule has 1 aliphatic heterocycles. The third-order valence-electron chi connectivity index (χ3n) is 4.45. The van der Waals surface area contributed by atoms with Gasteiger partial charge in [-0.25, -0.2) is 0 Å². The first-order valence-corrected chi connectivity index (χ1v) is 8.47. The molecule has 0 bridgehead atoms. The van der Waals surface area contributed by atoms with Crippen molar-refractivity contribution in [2.24, 2.45) is 0 Å². The number of fused-ring (bicyclic) bond motifs is 2. The van der Waals surface area contributed by atoms with Gasteiger partial charge in [0.05, 0.1) is 19.2 Å². The number of hydrogen-bond acceptors (Lipinski definition) is 5. The van der Waals surface area contributed by atoms with Crippen LogP contribution in [0.1, 0.15) is 20.9 Å². The number of nitrogens with zero attached hydrogens (tertiary/aromatic N) is 1. The summed E-state index contributed by atoms with van der Waals surface area (Å²) in [6.45, 7) is 0.942. The Morgan fingerprint density at radius 3 is 2.89 bits per heavy atom. The number of furan rings is 1. The minimum Gasteiger partial charge on any atom is -0.493 e. The molecule has 0 spiro atoms. The molecule has 1 aromatic heterocycles. The van der Waals surface area contributed by atoms with Crippen molar-refractivity contribution < 1.29 is 23.5 Å². The van der Waals surface area contributed by atoms with E-state index in [1.807, 2.05) is 12.1 Å². The first-order valence-electron chi connectivity index (χ1n) is 8.47. The predicted molar refractivity (Wildman–Crippen MR) is 99.6 cm³/mol. The van der Waals surface area contributed by atoms with Gasteiger partial charge in [-0.3, -0.25) is 9.59 Å². The zero-order valence-corrected chi connectivity index (χ0v) is 14.9. The van der Waals surface area contributed by atoms with Crippen molar-refractivity contribution in [3.63, 3.8) is 0 Å². The highest BCUT2D eigenvalue weighted by atomic mass is 16.5. The van der Waals surface area contributed by atoms with E-state index in [-0.39, 0.29) is 11.7 Å². The molecule has 2 amide bonds. The minimum absolute atomic E-state index is 0.146. The highest BCUT2D eigenvalue weighted by Gasteiger charge is 2.22. The molecule has 7 heteroatoms. The molecule has 2 aromatic carbocycles. The third-order valence-corrected chi connectivity index (χ3v) is 4.45. The van der Waals surface area contributed by atoms with E-state index in [1.54, 1.807) is 49.4 Å². The van der Waals surface area contributed by atoms with Crippen LogP contribution in [-0.2, 0) is 0 Å². The summed E-state index contributed by atoms with van der Waals surface area (Å²) in [5.41, 5.74) is 1.41. The molecule has 1 aliphatic rings. The lowest BCUT2D eigenvalue weighted by Gasteiger charge is -2.13. The van der Waals surface area contributed by atoms with Gasteiger partial charge in [-0.1, -0.05) is 12.1 Å². The molecule has 27 heavy (non-hydrogen) atoms. The molecule has 1 N–H and O–H groups in total. The average Bonchev–Trinajstić information content (AvgIpc) is 3.07. The monoisotopic (exact) mass is 366 g/mol. The number of rotatable bonds is 3. The Kier molecular flexibility index (Phi) is 4.19. The summed E-state index contributed by atoms with van der Waals surface area (Å²) in [4.78, 5) is 26.6. The van der Waals surface area contributed by atoms with Crippen LogP contribution in [0, 0.1) is 0 Å². The number of benzene rings is 2. The largest absolute Gasteiger partial charge is 0.493 e. The van der Waals surface area contributed by atoms with E-state index in [9.17, 15) is 9.59 Å². The van der Waals surface area contributed by atoms with Gasteiger partial charge >= 0.3 is 0 Å². The summed E-state index contributed by atoms with van der Waals surface area (Å²) in [7, 11) is 3.26. The Morgan fingerprint density at radius 1 is 1.22 bits per heavy atom. The number of likely N-dealkylation sites (N-methyl/N-ethyl adjacent to an activating group) is 1. The fourth-order valence-corrected chi connectivity index (χ4v) is 3.00. The number of hydrogen-bond donors (Lipinski definition) is 1. The van der Waals surface area contributed by atoms with E-state index < -0.39 is 5.91 Å². The molecule has 0 radical (unpaired) electrons. The van der Waals surface area contributed by atoms with E-state index in [4.69, 9.17) is 13.9 Å². The fraction of sp³-hybridized carbons (Fsp3) is 0.200. The molecule has 3 aromatic rings. The van der Waals surface area contributed by atoms with E-state index in [0.29, 0.717) is 41.5 Å². The normalized spacial score (nSPS) is 13.7. The molecule has 0 aliphatic carbocycles. The highest BCUT2D eigenvalue weighted by molar-refractivity contribution is 6.06. The maximum absolute atomic E-state index is 12.6. The number of ether oxygens (including phenoxy) is 2. The van der Waals surface area contributed by atoms with Crippen molar-refractivity contribution in [1.82, 2.24) is 4.90 Å². The van der Waals surface area contributed by atoms with Crippen LogP contribution in [0.4, 0.5) is 5.69 Å². The van der Waals surface area contributed by atoms with E-state index in [2.05, 4.69) is 5.32 Å². The second-order valence-corrected chi connectivity index (χ2v) is 6.23. The Bertz CT molecular complexity index is 1040. The average molecular weight is 366 g/mol. The Morgan fingerprint density at radius 2 is 2.07 bits per heavy atom. The van der Waals surface area contributed by atoms with Gasteiger partial charge in [-0.15, -0.1) is 0 Å². The number of carbonyl (C=O) groups is 2. The van der Waals surface area contributed by atoms with Gasteiger partial charge in [-0.05, 0) is 30.3 Å². The highest BCUT2D eigenvalue weighted by Crippen LogP contribution is 2.30. The summed E-state index contributed by atoms with van der Waals surface area (Å²) >= 11 is 0. The first-order chi connectivity index (χ1) is 13.1. The Labute approximate surface area is 155 Å². The Hall–Kier alpha value is -3.48. The lowest BCUT2D eigenvalue weighted by molar-refractivity contribution is 0.0796. The summed E-state index contributed by atoms with van der Waals surface area (Å²) in [6.07, 6.45) is 0. The van der Waals surface area contributed by atoms with Gasteiger partial charge in [-0.2, -0.15) is 0 Å². The smallest absolute Gasteiger partial charge is 0.291 e. The molecule has 2 heterocycles. The molecule has 0 saturated carbocycles. The van der Waals surface area contributed by atoms with Crippen molar-refractivity contribution in [2.75, 3.05) is 32.6 Å². The number of para-hydroxylation sites is 1. The first kappa shape index (κ1) is 17.0. The molecule has 7 nitrogen and oxygen atoms in total. The van der Waals surface area contributed by atoms with Gasteiger partial charge < -0.3 is 24.1 Å². The van der Waals surface area contributed by atoms with Crippen molar-refractivity contribution in [2.45, 2.75) is 0 Å². The Balaban J connectivity index is 1.62. The SMILES string of the molecule is COc1cccc2cc(C(=O)Nc3ccc4c(c3)C(=O)N(C)CCO4)oc12. The zero-order valence-electron chi connectivity index (χ0n) is 14.9. The number of nitrogens with one attached hydrogen (secondary N) is 1. The van der Waals surface area contributed by atoms with E-state index in [0.717, 1.165) is 5.39 Å². The van der Waals surface area contributed by atoms with Gasteiger partial charge in [0.15, 0.2) is 17.1 Å². The van der Waals surface area contributed by atoms with Crippen LogP contribution < -0.4 is 14.8 Å². The topological polar surface area (TPSA) is 81.0 Å². The molecule has 0 unspecified atom stereocenters. The third kappa shape index (κ3) is 3.08. The molecule has 4 rings (SSSR count). The lowest BCUT2D eigenvalue weighted by atomic mass is 10.1. The number of carbonyl (C=O) groups excluding carboxylic acids is 2. The molecule has 138 valence electrons. The summed E-state index contributed by atoms with van der Waals surface area (Å²) < 4.78 is 16.5. The van der Waals surface area contributed by atoms with Crippen molar-refractivity contribution in [3.8, 4) is 11.5 Å². The standard InChI is InChI=1S/C20H18N2O5/c1-22-8-9-26-15-7-6-13(11-14(15)20(22)24)21-19(23)17-10-12-4-3-5-16(25-2)18(12)27-17/h3-7,10-11H,8-9H2,1-2H3,(H,21,23). The second kappa shape index (κ2) is 6.68. The molecule has 0 saturated heterocycles. The summed E-state index contributed by atoms with van der Waals surface area (Å²) in [5.74, 6) is 0.665. The number of amides is 2. The van der Waals surface area contributed by atoms with Gasteiger partial charge in [0, 0.05) is 18.1 Å². The van der Waals surface area contributed by atoms with Crippen molar-refractivity contribution >= 4 is 28.5 Å². The summed E-state index contributed by atoms with van der Waals surface area (Å²) in [6, 6.07) is 12.1. The van der Waals surface area contributed by atoms with Crippen LogP contribution in [0.15, 0.2) is 46.9 Å². The molecular weight excluding hydrogens is 348 g/mol. The van der Waals surface area contributed by atoms with Crippen LogP contribution in [0.2, 0.25) is 0 Å². The number of anilines is 1.